The number of thioether (sulfide) groups is 1. The van der Waals surface area contributed by atoms with Crippen LogP contribution in [0.2, 0.25) is 0 Å². The number of rotatable bonds is 12. The van der Waals surface area contributed by atoms with Gasteiger partial charge in [-0.15, -0.1) is 11.8 Å². The molecule has 0 aliphatic carbocycles. The number of carbonyl (C=O) groups is 3. The number of benzene rings is 4. The third-order valence-corrected chi connectivity index (χ3v) is 7.77. The van der Waals surface area contributed by atoms with Gasteiger partial charge in [-0.3, -0.25) is 14.4 Å². The highest BCUT2D eigenvalue weighted by molar-refractivity contribution is 8.00. The maximum atomic E-state index is 13.6. The molecule has 0 aliphatic rings. The lowest BCUT2D eigenvalue weighted by Crippen LogP contribution is -2.30. The molecule has 0 fully saturated rings. The number of nitrogens with one attached hydrogen (secondary N) is 3. The Balaban J connectivity index is 1.55. The van der Waals surface area contributed by atoms with Crippen LogP contribution in [0, 0.1) is 13.8 Å². The van der Waals surface area contributed by atoms with Crippen LogP contribution in [0.25, 0.3) is 6.08 Å². The normalized spacial score (nSPS) is 10.9. The fourth-order valence-electron chi connectivity index (χ4n) is 4.46. The van der Waals surface area contributed by atoms with Gasteiger partial charge < -0.3 is 30.2 Å². The minimum atomic E-state index is -0.564. The zero-order chi connectivity index (χ0) is 32.3. The number of amides is 3. The monoisotopic (exact) mass is 625 g/mol. The molecule has 9 nitrogen and oxygen atoms in total. The minimum Gasteiger partial charge on any atom is -0.496 e. The van der Waals surface area contributed by atoms with Crippen LogP contribution in [0.5, 0.6) is 17.2 Å². The molecule has 10 heteroatoms. The lowest BCUT2D eigenvalue weighted by Gasteiger charge is -2.15. The number of carbonyl (C=O) groups excluding carboxylic acids is 3. The average molecular weight is 626 g/mol. The first-order valence-corrected chi connectivity index (χ1v) is 15.0. The zero-order valence-corrected chi connectivity index (χ0v) is 26.5. The van der Waals surface area contributed by atoms with Crippen LogP contribution in [-0.2, 0) is 9.59 Å². The molecule has 45 heavy (non-hydrogen) atoms. The second-order valence-electron chi connectivity index (χ2n) is 9.91. The van der Waals surface area contributed by atoms with Gasteiger partial charge in [0.1, 0.15) is 11.4 Å². The first-order valence-electron chi connectivity index (χ1n) is 14.0. The fraction of sp³-hybridized carbons (Fsp3) is 0.171. The summed E-state index contributed by atoms with van der Waals surface area (Å²) < 4.78 is 16.3. The summed E-state index contributed by atoms with van der Waals surface area (Å²) in [4.78, 5) is 40.2. The van der Waals surface area contributed by atoms with Crippen molar-refractivity contribution in [3.63, 3.8) is 0 Å². The fourth-order valence-corrected chi connectivity index (χ4v) is 5.22. The predicted octanol–water partition coefficient (Wildman–Crippen LogP) is 6.47. The maximum absolute atomic E-state index is 13.6. The number of methoxy groups -OCH3 is 3. The number of ether oxygens (including phenoxy) is 3. The van der Waals surface area contributed by atoms with Crippen molar-refractivity contribution in [2.75, 3.05) is 37.7 Å². The van der Waals surface area contributed by atoms with E-state index in [4.69, 9.17) is 14.2 Å². The summed E-state index contributed by atoms with van der Waals surface area (Å²) in [6.07, 6.45) is 1.51. The molecule has 0 aromatic heterocycles. The van der Waals surface area contributed by atoms with Gasteiger partial charge in [0.25, 0.3) is 11.8 Å². The van der Waals surface area contributed by atoms with Gasteiger partial charge in [-0.2, -0.15) is 0 Å². The Bertz CT molecular complexity index is 1700. The van der Waals surface area contributed by atoms with E-state index in [9.17, 15) is 14.4 Å². The molecule has 0 radical (unpaired) electrons. The lowest BCUT2D eigenvalue weighted by atomic mass is 10.1. The van der Waals surface area contributed by atoms with Crippen molar-refractivity contribution in [1.29, 1.82) is 0 Å². The van der Waals surface area contributed by atoms with E-state index in [-0.39, 0.29) is 17.4 Å². The lowest BCUT2D eigenvalue weighted by molar-refractivity contribution is -0.114. The summed E-state index contributed by atoms with van der Waals surface area (Å²) in [5.41, 5.74) is 4.12. The Morgan fingerprint density at radius 1 is 0.733 bits per heavy atom. The molecule has 0 bridgehead atoms. The highest BCUT2D eigenvalue weighted by Gasteiger charge is 2.18. The van der Waals surface area contributed by atoms with E-state index >= 15 is 0 Å². The first kappa shape index (κ1) is 32.7. The van der Waals surface area contributed by atoms with E-state index < -0.39 is 11.8 Å². The van der Waals surface area contributed by atoms with Crippen molar-refractivity contribution in [3.8, 4) is 17.2 Å². The summed E-state index contributed by atoms with van der Waals surface area (Å²) in [5.74, 6) is 0.298. The number of anilines is 2. The van der Waals surface area contributed by atoms with Gasteiger partial charge in [-0.05, 0) is 67.4 Å². The number of hydrogen-bond donors (Lipinski definition) is 3. The van der Waals surface area contributed by atoms with Crippen molar-refractivity contribution in [2.24, 2.45) is 0 Å². The van der Waals surface area contributed by atoms with Crippen molar-refractivity contribution in [2.45, 2.75) is 18.7 Å². The largest absolute Gasteiger partial charge is 0.496 e. The van der Waals surface area contributed by atoms with E-state index in [2.05, 4.69) is 16.0 Å². The summed E-state index contributed by atoms with van der Waals surface area (Å²) in [6.45, 7) is 3.90. The first-order chi connectivity index (χ1) is 21.7. The smallest absolute Gasteiger partial charge is 0.272 e. The molecule has 0 unspecified atom stereocenters. The summed E-state index contributed by atoms with van der Waals surface area (Å²) in [7, 11) is 4.50. The molecular formula is C35H35N3O6S. The Morgan fingerprint density at radius 2 is 1.38 bits per heavy atom. The number of aryl methyl sites for hydroxylation is 2. The molecule has 4 aromatic rings. The summed E-state index contributed by atoms with van der Waals surface area (Å²) in [6, 6.07) is 24.9. The van der Waals surface area contributed by atoms with Gasteiger partial charge in [0.2, 0.25) is 5.91 Å². The maximum Gasteiger partial charge on any atom is 0.272 e. The topological polar surface area (TPSA) is 115 Å². The highest BCUT2D eigenvalue weighted by Crippen LogP contribution is 2.35. The Morgan fingerprint density at radius 3 is 2.04 bits per heavy atom. The Labute approximate surface area is 267 Å². The molecule has 0 atom stereocenters. The Kier molecular flexibility index (Phi) is 11.3. The van der Waals surface area contributed by atoms with Gasteiger partial charge >= 0.3 is 0 Å². The molecule has 3 N–H and O–H groups in total. The quantitative estimate of drug-likeness (QED) is 0.122. The molecule has 0 saturated carbocycles. The molecule has 0 aliphatic heterocycles. The zero-order valence-electron chi connectivity index (χ0n) is 25.7. The average Bonchev–Trinajstić information content (AvgIpc) is 3.05. The summed E-state index contributed by atoms with van der Waals surface area (Å²) in [5, 5.41) is 8.57. The summed E-state index contributed by atoms with van der Waals surface area (Å²) >= 11 is 1.34. The second kappa shape index (κ2) is 15.5. The van der Waals surface area contributed by atoms with Crippen molar-refractivity contribution < 1.29 is 28.6 Å². The number of para-hydroxylation sites is 1. The third kappa shape index (κ3) is 8.67. The van der Waals surface area contributed by atoms with Gasteiger partial charge in [0.15, 0.2) is 11.5 Å². The van der Waals surface area contributed by atoms with E-state index in [1.165, 1.54) is 39.2 Å². The standard InChI is InChI=1S/C35H35N3O6S/c1-22-11-9-12-23(2)33(22)38-32(39)21-45-27-16-10-15-26(19-27)36-35(41)28(37-34(40)24-13-7-6-8-14-24)17-25-18-30(43-4)31(44-5)20-29(25)42-3/h6-20H,21H2,1-5H3,(H,36,41)(H,37,40)(H,38,39)/b28-17+. The molecule has 232 valence electrons. The van der Waals surface area contributed by atoms with Crippen LogP contribution in [0.1, 0.15) is 27.0 Å². The van der Waals surface area contributed by atoms with Crippen LogP contribution in [0.15, 0.2) is 95.5 Å². The van der Waals surface area contributed by atoms with Gasteiger partial charge in [0.05, 0.1) is 27.1 Å². The van der Waals surface area contributed by atoms with Gasteiger partial charge in [-0.25, -0.2) is 0 Å². The molecule has 0 heterocycles. The molecule has 3 amide bonds. The van der Waals surface area contributed by atoms with E-state index in [1.807, 2.05) is 38.1 Å². The third-order valence-electron chi connectivity index (χ3n) is 6.77. The molecule has 0 spiro atoms. The highest BCUT2D eigenvalue weighted by atomic mass is 32.2. The van der Waals surface area contributed by atoms with Crippen LogP contribution < -0.4 is 30.2 Å². The second-order valence-corrected chi connectivity index (χ2v) is 11.0. The van der Waals surface area contributed by atoms with Crippen LogP contribution in [0.3, 0.4) is 0 Å². The van der Waals surface area contributed by atoms with Crippen LogP contribution in [-0.4, -0.2) is 44.8 Å². The van der Waals surface area contributed by atoms with E-state index in [0.29, 0.717) is 34.1 Å². The van der Waals surface area contributed by atoms with Gasteiger partial charge in [-0.1, -0.05) is 42.5 Å². The molecule has 4 rings (SSSR count). The molecule has 4 aromatic carbocycles. The van der Waals surface area contributed by atoms with Crippen molar-refractivity contribution in [3.05, 3.63) is 113 Å². The van der Waals surface area contributed by atoms with Crippen molar-refractivity contribution in [1.82, 2.24) is 5.32 Å². The predicted molar refractivity (Wildman–Crippen MR) is 178 cm³/mol. The van der Waals surface area contributed by atoms with Crippen LogP contribution >= 0.6 is 11.8 Å². The van der Waals surface area contributed by atoms with Crippen LogP contribution in [0.4, 0.5) is 11.4 Å². The molecular weight excluding hydrogens is 590 g/mol. The van der Waals surface area contributed by atoms with Crippen molar-refractivity contribution >= 4 is 46.9 Å². The van der Waals surface area contributed by atoms with E-state index in [1.54, 1.807) is 60.7 Å². The Hall–Kier alpha value is -5.22. The van der Waals surface area contributed by atoms with E-state index in [0.717, 1.165) is 21.7 Å². The minimum absolute atomic E-state index is 0.0274. The SMILES string of the molecule is COc1cc(OC)c(OC)cc1/C=C(/NC(=O)c1ccccc1)C(=O)Nc1cccc(SCC(=O)Nc2c(C)cccc2C)c1. The van der Waals surface area contributed by atoms with Gasteiger partial charge in [0, 0.05) is 33.5 Å². The number of hydrogen-bond acceptors (Lipinski definition) is 7. The molecule has 0 saturated heterocycles.